The van der Waals surface area contributed by atoms with Crippen molar-refractivity contribution in [3.8, 4) is 0 Å². The van der Waals surface area contributed by atoms with Crippen molar-refractivity contribution >= 4 is 39.0 Å². The lowest BCUT2D eigenvalue weighted by molar-refractivity contribution is 0.0954. The molecular formula is C17H14BrN3O. The average Bonchev–Trinajstić information content (AvgIpc) is 2.85. The van der Waals surface area contributed by atoms with Crippen LogP contribution in [0.4, 0.5) is 0 Å². The molecule has 1 amide bonds. The van der Waals surface area contributed by atoms with E-state index in [2.05, 4.69) is 26.5 Å². The number of nitrogens with one attached hydrogen (secondary N) is 1. The summed E-state index contributed by atoms with van der Waals surface area (Å²) < 4.78 is 2.78. The van der Waals surface area contributed by atoms with Crippen molar-refractivity contribution in [3.05, 3.63) is 70.3 Å². The average molecular weight is 356 g/mol. The van der Waals surface area contributed by atoms with Gasteiger partial charge in [-0.05, 0) is 34.1 Å². The molecule has 0 fully saturated rings. The van der Waals surface area contributed by atoms with Crippen LogP contribution in [-0.2, 0) is 7.05 Å². The number of benzene rings is 2. The summed E-state index contributed by atoms with van der Waals surface area (Å²) in [4.78, 5) is 12.1. The highest BCUT2D eigenvalue weighted by molar-refractivity contribution is 9.10. The molecule has 0 saturated carbocycles. The zero-order valence-corrected chi connectivity index (χ0v) is 13.5. The molecule has 2 aromatic carbocycles. The van der Waals surface area contributed by atoms with Crippen molar-refractivity contribution in [2.24, 2.45) is 12.1 Å². The number of nitrogens with zero attached hydrogens (tertiary/aromatic N) is 2. The first-order valence-electron chi connectivity index (χ1n) is 6.79. The number of hydrogen-bond acceptors (Lipinski definition) is 2. The summed E-state index contributed by atoms with van der Waals surface area (Å²) >= 11 is 3.35. The summed E-state index contributed by atoms with van der Waals surface area (Å²) in [5, 5.41) is 5.16. The van der Waals surface area contributed by atoms with Gasteiger partial charge in [0, 0.05) is 34.2 Å². The number of amides is 1. The first kappa shape index (κ1) is 14.5. The number of fused-ring (bicyclic) bond motifs is 1. The second kappa shape index (κ2) is 6.15. The zero-order valence-electron chi connectivity index (χ0n) is 12.0. The summed E-state index contributed by atoms with van der Waals surface area (Å²) in [7, 11) is 1.99. The van der Waals surface area contributed by atoms with Crippen molar-refractivity contribution in [3.63, 3.8) is 0 Å². The fraction of sp³-hybridized carbons (Fsp3) is 0.0588. The van der Waals surface area contributed by atoms with Crippen LogP contribution in [0.15, 0.2) is 64.3 Å². The molecule has 0 aliphatic rings. The van der Waals surface area contributed by atoms with E-state index >= 15 is 0 Å². The molecule has 0 spiro atoms. The maximum Gasteiger partial charge on any atom is 0.272 e. The number of aromatic nitrogens is 1. The van der Waals surface area contributed by atoms with E-state index in [4.69, 9.17) is 0 Å². The molecule has 1 heterocycles. The number of hydrogen-bond donors (Lipinski definition) is 1. The Morgan fingerprint density at radius 3 is 2.73 bits per heavy atom. The Morgan fingerprint density at radius 1 is 1.18 bits per heavy atom. The van der Waals surface area contributed by atoms with Gasteiger partial charge in [-0.2, -0.15) is 5.10 Å². The zero-order chi connectivity index (χ0) is 15.5. The number of halogens is 1. The third-order valence-corrected chi connectivity index (χ3v) is 4.11. The van der Waals surface area contributed by atoms with E-state index < -0.39 is 0 Å². The highest BCUT2D eigenvalue weighted by Gasteiger charge is 2.08. The standard InChI is InChI=1S/C17H14BrN3O/c1-21-11-12(13-6-3-5-9-16(13)21)10-19-20-17(22)14-7-2-4-8-15(14)18/h2-11H,1H3,(H,20,22)/b19-10-. The minimum atomic E-state index is -0.246. The summed E-state index contributed by atoms with van der Waals surface area (Å²) in [5.74, 6) is -0.246. The van der Waals surface area contributed by atoms with Crippen LogP contribution in [0.2, 0.25) is 0 Å². The predicted octanol–water partition coefficient (Wildman–Crippen LogP) is 3.70. The fourth-order valence-electron chi connectivity index (χ4n) is 2.34. The fourth-order valence-corrected chi connectivity index (χ4v) is 2.81. The number of carbonyl (C=O) groups excluding carboxylic acids is 1. The van der Waals surface area contributed by atoms with E-state index in [0.29, 0.717) is 5.56 Å². The second-order valence-electron chi connectivity index (χ2n) is 4.89. The maximum absolute atomic E-state index is 12.1. The first-order chi connectivity index (χ1) is 10.7. The quantitative estimate of drug-likeness (QED) is 0.565. The van der Waals surface area contributed by atoms with Crippen LogP contribution in [0.5, 0.6) is 0 Å². The van der Waals surface area contributed by atoms with Crippen LogP contribution in [-0.4, -0.2) is 16.7 Å². The third-order valence-electron chi connectivity index (χ3n) is 3.42. The van der Waals surface area contributed by atoms with Gasteiger partial charge in [-0.3, -0.25) is 4.79 Å². The third kappa shape index (κ3) is 2.80. The summed E-state index contributed by atoms with van der Waals surface area (Å²) in [5.41, 5.74) is 5.20. The minimum absolute atomic E-state index is 0.246. The SMILES string of the molecule is Cn1cc(/C=N\NC(=O)c2ccccc2Br)c2ccccc21. The molecule has 0 saturated heterocycles. The topological polar surface area (TPSA) is 46.4 Å². The lowest BCUT2D eigenvalue weighted by Crippen LogP contribution is -2.17. The van der Waals surface area contributed by atoms with Crippen LogP contribution < -0.4 is 5.43 Å². The molecule has 1 aromatic heterocycles. The van der Waals surface area contributed by atoms with Gasteiger partial charge < -0.3 is 4.57 Å². The number of rotatable bonds is 3. The van der Waals surface area contributed by atoms with E-state index in [1.807, 2.05) is 60.3 Å². The van der Waals surface area contributed by atoms with Gasteiger partial charge >= 0.3 is 0 Å². The van der Waals surface area contributed by atoms with Gasteiger partial charge in [0.15, 0.2) is 0 Å². The molecule has 5 heteroatoms. The normalized spacial score (nSPS) is 11.2. The molecule has 0 aliphatic carbocycles. The molecule has 0 atom stereocenters. The smallest absolute Gasteiger partial charge is 0.272 e. The van der Waals surface area contributed by atoms with E-state index in [1.165, 1.54) is 0 Å². The van der Waals surface area contributed by atoms with E-state index in [-0.39, 0.29) is 5.91 Å². The van der Waals surface area contributed by atoms with Gasteiger partial charge in [-0.15, -0.1) is 0 Å². The highest BCUT2D eigenvalue weighted by Crippen LogP contribution is 2.18. The largest absolute Gasteiger partial charge is 0.350 e. The van der Waals surface area contributed by atoms with Crippen molar-refractivity contribution in [1.82, 2.24) is 9.99 Å². The number of carbonyl (C=O) groups is 1. The van der Waals surface area contributed by atoms with Crippen molar-refractivity contribution < 1.29 is 4.79 Å². The molecule has 3 rings (SSSR count). The van der Waals surface area contributed by atoms with E-state index in [1.54, 1.807) is 12.3 Å². The van der Waals surface area contributed by atoms with Crippen LogP contribution >= 0.6 is 15.9 Å². The molecule has 0 bridgehead atoms. The van der Waals surface area contributed by atoms with Crippen molar-refractivity contribution in [2.45, 2.75) is 0 Å². The van der Waals surface area contributed by atoms with Gasteiger partial charge in [0.25, 0.3) is 5.91 Å². The summed E-state index contributed by atoms with van der Waals surface area (Å²) in [6, 6.07) is 15.3. The Labute approximate surface area is 136 Å². The van der Waals surface area contributed by atoms with Crippen LogP contribution in [0.25, 0.3) is 10.9 Å². The molecule has 110 valence electrons. The second-order valence-corrected chi connectivity index (χ2v) is 5.75. The predicted molar refractivity (Wildman–Crippen MR) is 92.1 cm³/mol. The first-order valence-corrected chi connectivity index (χ1v) is 7.58. The van der Waals surface area contributed by atoms with Gasteiger partial charge in [-0.1, -0.05) is 30.3 Å². The molecular weight excluding hydrogens is 342 g/mol. The monoisotopic (exact) mass is 355 g/mol. The Bertz CT molecular complexity index is 867. The van der Waals surface area contributed by atoms with Crippen molar-refractivity contribution in [1.29, 1.82) is 0 Å². The molecule has 0 radical (unpaired) electrons. The number of para-hydroxylation sites is 1. The summed E-state index contributed by atoms with van der Waals surface area (Å²) in [6.45, 7) is 0. The minimum Gasteiger partial charge on any atom is -0.350 e. The Morgan fingerprint density at radius 2 is 1.91 bits per heavy atom. The summed E-state index contributed by atoms with van der Waals surface area (Å²) in [6.07, 6.45) is 3.65. The molecule has 1 N–H and O–H groups in total. The van der Waals surface area contributed by atoms with Gasteiger partial charge in [0.05, 0.1) is 11.8 Å². The van der Waals surface area contributed by atoms with Gasteiger partial charge in [-0.25, -0.2) is 5.43 Å². The van der Waals surface area contributed by atoms with E-state index in [9.17, 15) is 4.79 Å². The molecule has 4 nitrogen and oxygen atoms in total. The number of hydrazone groups is 1. The molecule has 0 unspecified atom stereocenters. The highest BCUT2D eigenvalue weighted by atomic mass is 79.9. The number of aryl methyl sites for hydroxylation is 1. The lowest BCUT2D eigenvalue weighted by atomic mass is 10.2. The van der Waals surface area contributed by atoms with Gasteiger partial charge in [0.1, 0.15) is 0 Å². The molecule has 0 aliphatic heterocycles. The molecule has 3 aromatic rings. The maximum atomic E-state index is 12.1. The van der Waals surface area contributed by atoms with Crippen LogP contribution in [0.3, 0.4) is 0 Å². The molecule has 22 heavy (non-hydrogen) atoms. The van der Waals surface area contributed by atoms with Crippen molar-refractivity contribution in [2.75, 3.05) is 0 Å². The van der Waals surface area contributed by atoms with Crippen LogP contribution in [0, 0.1) is 0 Å². The van der Waals surface area contributed by atoms with Crippen LogP contribution in [0.1, 0.15) is 15.9 Å². The Balaban J connectivity index is 1.80. The van der Waals surface area contributed by atoms with E-state index in [0.717, 1.165) is 20.9 Å². The lowest BCUT2D eigenvalue weighted by Gasteiger charge is -2.01. The Kier molecular flexibility index (Phi) is 4.06. The Hall–Kier alpha value is -2.40. The van der Waals surface area contributed by atoms with Gasteiger partial charge in [0.2, 0.25) is 0 Å².